The van der Waals surface area contributed by atoms with Gasteiger partial charge < -0.3 is 10.6 Å². The van der Waals surface area contributed by atoms with Crippen molar-refractivity contribution in [2.24, 2.45) is 0 Å². The quantitative estimate of drug-likeness (QED) is 0.653. The third kappa shape index (κ3) is 4.68. The van der Waals surface area contributed by atoms with Gasteiger partial charge in [0.05, 0.1) is 5.02 Å². The summed E-state index contributed by atoms with van der Waals surface area (Å²) in [4.78, 5) is 24.4. The summed E-state index contributed by atoms with van der Waals surface area (Å²) < 4.78 is 26.0. The van der Waals surface area contributed by atoms with Crippen molar-refractivity contribution in [3.63, 3.8) is 0 Å². The maximum absolute atomic E-state index is 13.2. The molecule has 3 aromatic carbocycles. The Morgan fingerprint density at radius 1 is 0.704 bits per heavy atom. The fraction of sp³-hybridized carbons (Fsp3) is 0. The summed E-state index contributed by atoms with van der Waals surface area (Å²) in [5.41, 5.74) is 1.45. The largest absolute Gasteiger partial charge is 0.322 e. The first-order valence-electron chi connectivity index (χ1n) is 7.86. The van der Waals surface area contributed by atoms with Crippen LogP contribution >= 0.6 is 11.6 Å². The van der Waals surface area contributed by atoms with Crippen LogP contribution in [0.15, 0.2) is 66.7 Å². The highest BCUT2D eigenvalue weighted by molar-refractivity contribution is 6.31. The van der Waals surface area contributed by atoms with Crippen LogP contribution in [0.3, 0.4) is 0 Å². The molecule has 27 heavy (non-hydrogen) atoms. The highest BCUT2D eigenvalue weighted by Gasteiger charge is 2.11. The van der Waals surface area contributed by atoms with Gasteiger partial charge in [-0.05, 0) is 66.7 Å². The molecule has 2 N–H and O–H groups in total. The second kappa shape index (κ2) is 7.97. The fourth-order valence-corrected chi connectivity index (χ4v) is 2.47. The molecule has 0 saturated carbocycles. The van der Waals surface area contributed by atoms with Gasteiger partial charge in [-0.15, -0.1) is 0 Å². The molecular formula is C20H13ClF2N2O2. The molecule has 0 saturated heterocycles. The normalized spacial score (nSPS) is 10.3. The molecule has 0 aromatic heterocycles. The van der Waals surface area contributed by atoms with Gasteiger partial charge >= 0.3 is 0 Å². The number of carbonyl (C=O) groups excluding carboxylic acids is 2. The van der Waals surface area contributed by atoms with Gasteiger partial charge in [-0.3, -0.25) is 9.59 Å². The number of rotatable bonds is 4. The Kier molecular flexibility index (Phi) is 5.47. The number of hydrogen-bond donors (Lipinski definition) is 2. The van der Waals surface area contributed by atoms with Crippen LogP contribution in [-0.4, -0.2) is 11.8 Å². The van der Waals surface area contributed by atoms with E-state index >= 15 is 0 Å². The van der Waals surface area contributed by atoms with Gasteiger partial charge in [-0.25, -0.2) is 8.78 Å². The molecule has 3 aromatic rings. The van der Waals surface area contributed by atoms with Crippen molar-refractivity contribution in [1.29, 1.82) is 0 Å². The molecule has 0 aliphatic heterocycles. The van der Waals surface area contributed by atoms with Crippen LogP contribution in [0.2, 0.25) is 5.02 Å². The molecular weight excluding hydrogens is 374 g/mol. The van der Waals surface area contributed by atoms with Crippen LogP contribution in [0, 0.1) is 11.6 Å². The molecule has 0 aliphatic carbocycles. The van der Waals surface area contributed by atoms with Crippen LogP contribution < -0.4 is 10.6 Å². The molecule has 0 aliphatic rings. The summed E-state index contributed by atoms with van der Waals surface area (Å²) in [5, 5.41) is 5.13. The molecule has 0 heterocycles. The van der Waals surface area contributed by atoms with E-state index in [4.69, 9.17) is 11.6 Å². The van der Waals surface area contributed by atoms with E-state index in [9.17, 15) is 18.4 Å². The van der Waals surface area contributed by atoms with E-state index in [1.54, 1.807) is 0 Å². The van der Waals surface area contributed by atoms with Crippen molar-refractivity contribution in [3.05, 3.63) is 94.5 Å². The average Bonchev–Trinajstić information content (AvgIpc) is 2.66. The predicted molar refractivity (Wildman–Crippen MR) is 100 cm³/mol. The molecule has 0 spiro atoms. The van der Waals surface area contributed by atoms with Gasteiger partial charge in [0, 0.05) is 22.5 Å². The minimum absolute atomic E-state index is 0.0967. The maximum atomic E-state index is 13.2. The lowest BCUT2D eigenvalue weighted by molar-refractivity contribution is 0.101. The van der Waals surface area contributed by atoms with E-state index in [2.05, 4.69) is 10.6 Å². The van der Waals surface area contributed by atoms with Crippen LogP contribution in [0.25, 0.3) is 0 Å². The van der Waals surface area contributed by atoms with Crippen molar-refractivity contribution in [1.82, 2.24) is 0 Å². The van der Waals surface area contributed by atoms with Crippen LogP contribution in [-0.2, 0) is 0 Å². The Hall–Kier alpha value is -3.25. The summed E-state index contributed by atoms with van der Waals surface area (Å²) >= 11 is 5.68. The van der Waals surface area contributed by atoms with Gasteiger partial charge in [0.1, 0.15) is 11.6 Å². The Labute approximate surface area is 158 Å². The molecule has 136 valence electrons. The third-order valence-electron chi connectivity index (χ3n) is 3.69. The van der Waals surface area contributed by atoms with Gasteiger partial charge in [0.15, 0.2) is 0 Å². The number of anilines is 2. The number of carbonyl (C=O) groups is 2. The molecule has 0 unspecified atom stereocenters. The highest BCUT2D eigenvalue weighted by atomic mass is 35.5. The zero-order valence-electron chi connectivity index (χ0n) is 13.8. The first-order chi connectivity index (χ1) is 12.9. The molecule has 3 rings (SSSR count). The molecule has 4 nitrogen and oxygen atoms in total. The van der Waals surface area contributed by atoms with E-state index in [1.807, 2.05) is 0 Å². The molecule has 0 fully saturated rings. The van der Waals surface area contributed by atoms with Crippen molar-refractivity contribution in [2.45, 2.75) is 0 Å². The lowest BCUT2D eigenvalue weighted by atomic mass is 10.1. The van der Waals surface area contributed by atoms with E-state index in [1.165, 1.54) is 60.7 Å². The average molecular weight is 387 g/mol. The van der Waals surface area contributed by atoms with E-state index in [0.717, 1.165) is 6.07 Å². The molecule has 7 heteroatoms. The Morgan fingerprint density at radius 2 is 1.19 bits per heavy atom. The van der Waals surface area contributed by atoms with Crippen molar-refractivity contribution >= 4 is 34.8 Å². The van der Waals surface area contributed by atoms with E-state index in [-0.39, 0.29) is 10.9 Å². The van der Waals surface area contributed by atoms with Gasteiger partial charge in [-0.2, -0.15) is 0 Å². The number of nitrogens with one attached hydrogen (secondary N) is 2. The first-order valence-corrected chi connectivity index (χ1v) is 8.23. The van der Waals surface area contributed by atoms with E-state index in [0.29, 0.717) is 22.5 Å². The number of hydrogen-bond acceptors (Lipinski definition) is 2. The Bertz CT molecular complexity index is 990. The Morgan fingerprint density at radius 3 is 1.70 bits per heavy atom. The lowest BCUT2D eigenvalue weighted by Crippen LogP contribution is -2.14. The molecule has 0 radical (unpaired) electrons. The summed E-state index contributed by atoms with van der Waals surface area (Å²) in [7, 11) is 0. The lowest BCUT2D eigenvalue weighted by Gasteiger charge is -2.08. The summed E-state index contributed by atoms with van der Waals surface area (Å²) in [5.74, 6) is -1.79. The zero-order valence-corrected chi connectivity index (χ0v) is 14.6. The van der Waals surface area contributed by atoms with Gasteiger partial charge in [0.25, 0.3) is 11.8 Å². The predicted octanol–water partition coefficient (Wildman–Crippen LogP) is 5.12. The standard InChI is InChI=1S/C20H13ClF2N2O2/c21-17-11-16(9-10-18(17)23)25-20(27)13-3-1-12(2-4-13)19(26)24-15-7-5-14(22)6-8-15/h1-11H,(H,24,26)(H,25,27). The highest BCUT2D eigenvalue weighted by Crippen LogP contribution is 2.20. The monoisotopic (exact) mass is 386 g/mol. The van der Waals surface area contributed by atoms with Crippen LogP contribution in [0.5, 0.6) is 0 Å². The number of amides is 2. The van der Waals surface area contributed by atoms with Crippen molar-refractivity contribution in [2.75, 3.05) is 10.6 Å². The fourth-order valence-electron chi connectivity index (χ4n) is 2.29. The maximum Gasteiger partial charge on any atom is 0.255 e. The SMILES string of the molecule is O=C(Nc1ccc(F)cc1)c1ccc(C(=O)Nc2ccc(F)c(Cl)c2)cc1. The minimum Gasteiger partial charge on any atom is -0.322 e. The van der Waals surface area contributed by atoms with Crippen LogP contribution in [0.1, 0.15) is 20.7 Å². The van der Waals surface area contributed by atoms with Crippen molar-refractivity contribution in [3.8, 4) is 0 Å². The zero-order chi connectivity index (χ0) is 19.4. The van der Waals surface area contributed by atoms with Crippen molar-refractivity contribution < 1.29 is 18.4 Å². The summed E-state index contributed by atoms with van der Waals surface area (Å²) in [6, 6.07) is 15.2. The van der Waals surface area contributed by atoms with Gasteiger partial charge in [0.2, 0.25) is 0 Å². The summed E-state index contributed by atoms with van der Waals surface area (Å²) in [6.07, 6.45) is 0. The Balaban J connectivity index is 1.66. The smallest absolute Gasteiger partial charge is 0.255 e. The summed E-state index contributed by atoms with van der Waals surface area (Å²) in [6.45, 7) is 0. The number of halogens is 3. The second-order valence-electron chi connectivity index (χ2n) is 5.62. The third-order valence-corrected chi connectivity index (χ3v) is 3.98. The minimum atomic E-state index is -0.578. The van der Waals surface area contributed by atoms with Gasteiger partial charge in [-0.1, -0.05) is 11.6 Å². The van der Waals surface area contributed by atoms with Crippen LogP contribution in [0.4, 0.5) is 20.2 Å². The second-order valence-corrected chi connectivity index (χ2v) is 6.03. The molecule has 2 amide bonds. The molecule has 0 atom stereocenters. The topological polar surface area (TPSA) is 58.2 Å². The number of benzene rings is 3. The molecule has 0 bridgehead atoms. The first kappa shape index (κ1) is 18.5. The van der Waals surface area contributed by atoms with E-state index < -0.39 is 17.5 Å².